The molecule has 1 aromatic rings. The van der Waals surface area contributed by atoms with Gasteiger partial charge in [-0.3, -0.25) is 4.79 Å². The molecule has 17 heteroatoms. The summed E-state index contributed by atoms with van der Waals surface area (Å²) >= 11 is 0. The van der Waals surface area contributed by atoms with Gasteiger partial charge in [0, 0.05) is 12.3 Å². The minimum Gasteiger partial charge on any atom is -0.504 e. The summed E-state index contributed by atoms with van der Waals surface area (Å²) < 4.78 is 22.7. The molecule has 2 aliphatic heterocycles. The number of ether oxygens (including phenoxy) is 4. The van der Waals surface area contributed by atoms with E-state index >= 15 is 0 Å². The molecule has 6 rings (SSSR count). The van der Waals surface area contributed by atoms with Gasteiger partial charge in [-0.25, -0.2) is 0 Å². The minimum atomic E-state index is -1.89. The van der Waals surface area contributed by atoms with Crippen LogP contribution in [0.15, 0.2) is 18.2 Å². The van der Waals surface area contributed by atoms with Gasteiger partial charge in [0.1, 0.15) is 60.7 Å². The number of Topliss-reactive ketones (excluding diaryl/α,β-unsaturated/α-hetero) is 1. The predicted octanol–water partition coefficient (Wildman–Crippen LogP) is -1.67. The Labute approximate surface area is 337 Å². The van der Waals surface area contributed by atoms with E-state index in [9.17, 15) is 66.1 Å². The van der Waals surface area contributed by atoms with E-state index in [1.54, 1.807) is 6.92 Å². The molecular formula is C41H62O17. The zero-order valence-corrected chi connectivity index (χ0v) is 34.0. The van der Waals surface area contributed by atoms with Crippen LogP contribution in [0.5, 0.6) is 11.5 Å². The summed E-state index contributed by atoms with van der Waals surface area (Å²) in [7, 11) is 0. The highest BCUT2D eigenvalue weighted by atomic mass is 16.7. The third kappa shape index (κ3) is 7.11. The van der Waals surface area contributed by atoms with E-state index in [1.165, 1.54) is 39.0 Å². The van der Waals surface area contributed by atoms with E-state index < -0.39 is 126 Å². The van der Waals surface area contributed by atoms with Crippen LogP contribution < -0.4 is 4.74 Å². The van der Waals surface area contributed by atoms with Crippen LogP contribution in [0.4, 0.5) is 0 Å². The topological polar surface area (TPSA) is 297 Å². The smallest absolute Gasteiger partial charge is 0.229 e. The maximum atomic E-state index is 14.8. The fourth-order valence-electron chi connectivity index (χ4n) is 11.1. The standard InChI is InChI=1S/C41H62O17/c1-17-18-8-9-24-38(4)13-20(43)34(41(7,54)25(44)10-11-37(2,3)53)39(38,5)14-26(45)40(24,6)19(18)12-21(27(17)46)56-36-33(52)31(50)29(48)23(58-36)16-55-35-32(51)30(49)28(47)22(15-42)57-35/h10-12,20,22-25,28-36,42-44,46-54H,8-9,13-16H2,1-7H3/b11-10+/t20-,22-,23-,24+,25+,28-,29-,30+,31+,32-,33-,34+,35-,36-,38+,39-,40+,41+/m1/s1. The van der Waals surface area contributed by atoms with Gasteiger partial charge < -0.3 is 80.2 Å². The van der Waals surface area contributed by atoms with Crippen LogP contribution in [0.1, 0.15) is 77.5 Å². The molecule has 1 aromatic carbocycles. The Balaban J connectivity index is 1.28. The molecule has 5 aliphatic rings. The first-order chi connectivity index (χ1) is 26.8. The fraction of sp³-hybridized carbons (Fsp3) is 0.780. The number of carbonyl (C=O) groups is 1. The molecule has 17 nitrogen and oxygen atoms in total. The highest BCUT2D eigenvalue weighted by molar-refractivity contribution is 5.93. The molecule has 0 radical (unpaired) electrons. The summed E-state index contributed by atoms with van der Waals surface area (Å²) in [5.41, 5.74) is -4.44. The van der Waals surface area contributed by atoms with Gasteiger partial charge in [-0.1, -0.05) is 26.0 Å². The number of fused-ring (bicyclic) bond motifs is 5. The van der Waals surface area contributed by atoms with Crippen molar-refractivity contribution in [2.75, 3.05) is 13.2 Å². The van der Waals surface area contributed by atoms with Crippen LogP contribution in [0, 0.1) is 29.6 Å². The van der Waals surface area contributed by atoms with Gasteiger partial charge in [-0.15, -0.1) is 0 Å². The number of aliphatic hydroxyl groups is 11. The van der Waals surface area contributed by atoms with Gasteiger partial charge >= 0.3 is 0 Å². The van der Waals surface area contributed by atoms with Crippen molar-refractivity contribution in [3.8, 4) is 11.5 Å². The van der Waals surface area contributed by atoms with E-state index in [0.29, 0.717) is 29.5 Å². The van der Waals surface area contributed by atoms with Gasteiger partial charge in [0.25, 0.3) is 0 Å². The largest absolute Gasteiger partial charge is 0.504 e. The molecule has 2 saturated heterocycles. The fourth-order valence-corrected chi connectivity index (χ4v) is 11.1. The van der Waals surface area contributed by atoms with Crippen molar-refractivity contribution in [3.05, 3.63) is 34.9 Å². The molecule has 18 atom stereocenters. The number of phenols is 1. The Morgan fingerprint density at radius 3 is 2.09 bits per heavy atom. The van der Waals surface area contributed by atoms with Crippen molar-refractivity contribution in [2.24, 2.45) is 22.7 Å². The van der Waals surface area contributed by atoms with Crippen LogP contribution in [0.25, 0.3) is 0 Å². The van der Waals surface area contributed by atoms with Gasteiger partial charge in [-0.05, 0) is 93.4 Å². The number of ketones is 1. The number of rotatable bonds is 10. The van der Waals surface area contributed by atoms with Crippen LogP contribution in [0.2, 0.25) is 0 Å². The van der Waals surface area contributed by atoms with Crippen LogP contribution in [0.3, 0.4) is 0 Å². The van der Waals surface area contributed by atoms with Gasteiger partial charge in [0.15, 0.2) is 17.8 Å². The number of aromatic hydroxyl groups is 1. The molecule has 328 valence electrons. The van der Waals surface area contributed by atoms with Gasteiger partial charge in [-0.2, -0.15) is 0 Å². The molecular weight excluding hydrogens is 764 g/mol. The zero-order valence-electron chi connectivity index (χ0n) is 34.0. The summed E-state index contributed by atoms with van der Waals surface area (Å²) in [6.45, 7) is 10.5. The lowest BCUT2D eigenvalue weighted by Gasteiger charge is -2.62. The Morgan fingerprint density at radius 2 is 1.48 bits per heavy atom. The van der Waals surface area contributed by atoms with Gasteiger partial charge in [0.2, 0.25) is 6.29 Å². The highest BCUT2D eigenvalue weighted by Gasteiger charge is 2.73. The number of aliphatic hydroxyl groups excluding tert-OH is 9. The van der Waals surface area contributed by atoms with Crippen molar-refractivity contribution >= 4 is 5.78 Å². The highest BCUT2D eigenvalue weighted by Crippen LogP contribution is 2.72. The molecule has 12 N–H and O–H groups in total. The molecule has 0 amide bonds. The first-order valence-electron chi connectivity index (χ1n) is 19.9. The Hall–Kier alpha value is -2.33. The SMILES string of the molecule is Cc1c(O)c(O[C@@H]2O[C@H](CO[C@@H]3O[C@H](CO)[C@@H](O)[C@H](O)[C@H]3O)[C@@H](O)[C@H](O)[C@H]2O)cc2c1CC[C@@H]1[C@@]2(C)C(=O)C[C@]2(C)[C@@H]([C@@](C)(O)[C@@H](O)/C=C/C(C)(C)O)[C@H](O)C[C@@]12C. The van der Waals surface area contributed by atoms with Crippen LogP contribution >= 0.6 is 0 Å². The lowest BCUT2D eigenvalue weighted by molar-refractivity contribution is -0.323. The van der Waals surface area contributed by atoms with Crippen molar-refractivity contribution < 1.29 is 85.0 Å². The van der Waals surface area contributed by atoms with E-state index in [2.05, 4.69) is 0 Å². The first kappa shape index (κ1) is 45.2. The van der Waals surface area contributed by atoms with Crippen molar-refractivity contribution in [1.29, 1.82) is 0 Å². The number of hydrogen-bond acceptors (Lipinski definition) is 17. The lowest BCUT2D eigenvalue weighted by Crippen LogP contribution is -2.64. The number of phenolic OH excluding ortho intramolecular Hbond substituents is 1. The van der Waals surface area contributed by atoms with Crippen LogP contribution in [-0.2, 0) is 30.8 Å². The first-order valence-corrected chi connectivity index (χ1v) is 19.9. The van der Waals surface area contributed by atoms with E-state index in [-0.39, 0.29) is 30.1 Å². The number of hydrogen-bond donors (Lipinski definition) is 12. The second-order valence-electron chi connectivity index (χ2n) is 18.7. The van der Waals surface area contributed by atoms with Crippen molar-refractivity contribution in [1.82, 2.24) is 0 Å². The normalized spacial score (nSPS) is 44.7. The predicted molar refractivity (Wildman–Crippen MR) is 201 cm³/mol. The molecule has 58 heavy (non-hydrogen) atoms. The van der Waals surface area contributed by atoms with Crippen LogP contribution in [-0.4, -0.2) is 165 Å². The molecule has 0 bridgehead atoms. The van der Waals surface area contributed by atoms with Gasteiger partial charge in [0.05, 0.1) is 35.9 Å². The maximum absolute atomic E-state index is 14.8. The molecule has 3 aliphatic carbocycles. The molecule has 2 saturated carbocycles. The Bertz CT molecular complexity index is 1730. The second kappa shape index (κ2) is 15.5. The summed E-state index contributed by atoms with van der Waals surface area (Å²) in [6.07, 6.45) is -15.4. The van der Waals surface area contributed by atoms with Crippen molar-refractivity contribution in [3.63, 3.8) is 0 Å². The molecule has 0 spiro atoms. The molecule has 0 aromatic heterocycles. The summed E-state index contributed by atoms with van der Waals surface area (Å²) in [4.78, 5) is 14.8. The third-order valence-corrected chi connectivity index (χ3v) is 14.6. The Kier molecular flexibility index (Phi) is 12.1. The molecule has 2 heterocycles. The van der Waals surface area contributed by atoms with E-state index in [4.69, 9.17) is 18.9 Å². The summed E-state index contributed by atoms with van der Waals surface area (Å²) in [5, 5.41) is 129. The average molecular weight is 827 g/mol. The zero-order chi connectivity index (χ0) is 43.2. The molecule has 0 unspecified atom stereocenters. The lowest BCUT2D eigenvalue weighted by atomic mass is 9.41. The second-order valence-corrected chi connectivity index (χ2v) is 18.7. The Morgan fingerprint density at radius 1 is 0.897 bits per heavy atom. The maximum Gasteiger partial charge on any atom is 0.229 e. The number of benzene rings is 1. The monoisotopic (exact) mass is 826 g/mol. The average Bonchev–Trinajstić information content (AvgIpc) is 3.35. The summed E-state index contributed by atoms with van der Waals surface area (Å²) in [6, 6.07) is 1.50. The number of carbonyl (C=O) groups excluding carboxylic acids is 1. The van der Waals surface area contributed by atoms with E-state index in [1.807, 2.05) is 20.8 Å². The minimum absolute atomic E-state index is 0.0729. The van der Waals surface area contributed by atoms with E-state index in [0.717, 1.165) is 0 Å². The van der Waals surface area contributed by atoms with Crippen molar-refractivity contribution in [2.45, 2.75) is 164 Å². The quantitative estimate of drug-likeness (QED) is 0.117. The molecule has 4 fully saturated rings. The third-order valence-electron chi connectivity index (χ3n) is 14.6. The summed E-state index contributed by atoms with van der Waals surface area (Å²) in [5.74, 6) is -2.03.